The van der Waals surface area contributed by atoms with Crippen molar-refractivity contribution in [3.63, 3.8) is 0 Å². The van der Waals surface area contributed by atoms with Gasteiger partial charge in [0.1, 0.15) is 0 Å². The molecule has 5 nitrogen and oxygen atoms in total. The molecule has 132 valence electrons. The van der Waals surface area contributed by atoms with Gasteiger partial charge in [-0.15, -0.1) is 0 Å². The lowest BCUT2D eigenvalue weighted by molar-refractivity contribution is -0.124. The fourth-order valence-corrected chi connectivity index (χ4v) is 3.91. The van der Waals surface area contributed by atoms with Crippen LogP contribution in [0.3, 0.4) is 0 Å². The van der Waals surface area contributed by atoms with E-state index in [1.807, 2.05) is 18.2 Å². The molecule has 1 saturated heterocycles. The largest absolute Gasteiger partial charge is 0.393 e. The second kappa shape index (κ2) is 7.64. The van der Waals surface area contributed by atoms with E-state index in [2.05, 4.69) is 42.1 Å². The second-order valence-electron chi connectivity index (χ2n) is 7.48. The Morgan fingerprint density at radius 2 is 1.83 bits per heavy atom. The number of nitrogens with one attached hydrogen (secondary N) is 3. The highest BCUT2D eigenvalue weighted by atomic mass is 16.3. The van der Waals surface area contributed by atoms with Crippen LogP contribution in [0.4, 0.5) is 0 Å². The van der Waals surface area contributed by atoms with E-state index in [9.17, 15) is 9.90 Å². The first kappa shape index (κ1) is 17.4. The number of amides is 1. The predicted octanol–water partition coefficient (Wildman–Crippen LogP) is 1.38. The van der Waals surface area contributed by atoms with E-state index < -0.39 is 0 Å². The molecule has 0 aromatic heterocycles. The summed E-state index contributed by atoms with van der Waals surface area (Å²) in [7, 11) is 0. The minimum Gasteiger partial charge on any atom is -0.393 e. The first-order valence-electron chi connectivity index (χ1n) is 9.05. The molecular weight excluding hydrogens is 302 g/mol. The van der Waals surface area contributed by atoms with Crippen LogP contribution in [0.5, 0.6) is 0 Å². The third-order valence-corrected chi connectivity index (χ3v) is 5.61. The van der Waals surface area contributed by atoms with Crippen LogP contribution in [-0.2, 0) is 11.2 Å². The van der Waals surface area contributed by atoms with Gasteiger partial charge in [0.2, 0.25) is 5.91 Å². The van der Waals surface area contributed by atoms with Crippen molar-refractivity contribution in [3.8, 4) is 0 Å². The van der Waals surface area contributed by atoms with Gasteiger partial charge in [0.15, 0.2) is 0 Å². The number of carbonyl (C=O) groups excluding carboxylic acids is 1. The Bertz CT molecular complexity index is 535. The number of hydrazine groups is 1. The Kier molecular flexibility index (Phi) is 5.54. The molecule has 1 saturated carbocycles. The van der Waals surface area contributed by atoms with Crippen molar-refractivity contribution in [1.82, 2.24) is 16.2 Å². The quantitative estimate of drug-likeness (QED) is 0.635. The molecule has 1 aromatic rings. The van der Waals surface area contributed by atoms with Gasteiger partial charge < -0.3 is 10.4 Å². The Balaban J connectivity index is 1.59. The minimum absolute atomic E-state index is 0.108. The summed E-state index contributed by atoms with van der Waals surface area (Å²) in [5.41, 5.74) is 7.64. The average Bonchev–Trinajstić information content (AvgIpc) is 2.84. The summed E-state index contributed by atoms with van der Waals surface area (Å²) in [6.07, 6.45) is 2.74. The zero-order valence-corrected chi connectivity index (χ0v) is 14.5. The summed E-state index contributed by atoms with van der Waals surface area (Å²) in [6, 6.07) is 11.0. The lowest BCUT2D eigenvalue weighted by atomic mass is 9.75. The Morgan fingerprint density at radius 1 is 1.21 bits per heavy atom. The molecule has 1 aliphatic carbocycles. The van der Waals surface area contributed by atoms with E-state index in [1.54, 1.807) is 0 Å². The normalized spacial score (nSPS) is 33.7. The predicted molar refractivity (Wildman–Crippen MR) is 94.1 cm³/mol. The molecule has 1 amide bonds. The Morgan fingerprint density at radius 3 is 2.42 bits per heavy atom. The Labute approximate surface area is 144 Å². The van der Waals surface area contributed by atoms with E-state index >= 15 is 0 Å². The van der Waals surface area contributed by atoms with Gasteiger partial charge in [-0.25, -0.2) is 0 Å². The topological polar surface area (TPSA) is 73.4 Å². The standard InChI is InChI=1S/C19H29N3O2/c1-12-17(13(2)22-21-12)11-19(24)20-18(15-9-16(23)10-15)8-14-6-4-3-5-7-14/h3-7,12-13,15-18,21-23H,8-11H2,1-2H3,(H,20,24). The molecule has 2 fully saturated rings. The smallest absolute Gasteiger partial charge is 0.220 e. The monoisotopic (exact) mass is 331 g/mol. The number of hydrogen-bond donors (Lipinski definition) is 4. The molecule has 3 rings (SSSR count). The summed E-state index contributed by atoms with van der Waals surface area (Å²) in [4.78, 5) is 12.6. The minimum atomic E-state index is -0.201. The van der Waals surface area contributed by atoms with E-state index in [1.165, 1.54) is 5.56 Å². The van der Waals surface area contributed by atoms with E-state index in [0.717, 1.165) is 19.3 Å². The highest BCUT2D eigenvalue weighted by molar-refractivity contribution is 5.76. The van der Waals surface area contributed by atoms with Gasteiger partial charge in [0.25, 0.3) is 0 Å². The SMILES string of the molecule is CC1NNC(C)C1CC(=O)NC(Cc1ccccc1)C1CC(O)C1. The van der Waals surface area contributed by atoms with Crippen LogP contribution >= 0.6 is 0 Å². The van der Waals surface area contributed by atoms with Crippen molar-refractivity contribution in [1.29, 1.82) is 0 Å². The molecule has 2 aliphatic rings. The van der Waals surface area contributed by atoms with Gasteiger partial charge in [-0.2, -0.15) is 0 Å². The molecule has 24 heavy (non-hydrogen) atoms. The van der Waals surface area contributed by atoms with Crippen LogP contribution < -0.4 is 16.2 Å². The van der Waals surface area contributed by atoms with Crippen molar-refractivity contribution in [2.75, 3.05) is 0 Å². The van der Waals surface area contributed by atoms with Crippen LogP contribution in [0, 0.1) is 11.8 Å². The fraction of sp³-hybridized carbons (Fsp3) is 0.632. The van der Waals surface area contributed by atoms with Gasteiger partial charge in [-0.05, 0) is 44.6 Å². The molecule has 1 aromatic carbocycles. The van der Waals surface area contributed by atoms with Gasteiger partial charge in [-0.1, -0.05) is 30.3 Å². The molecule has 3 unspecified atom stereocenters. The lowest BCUT2D eigenvalue weighted by Gasteiger charge is -2.38. The highest BCUT2D eigenvalue weighted by Gasteiger charge is 2.36. The van der Waals surface area contributed by atoms with Gasteiger partial charge in [0.05, 0.1) is 6.10 Å². The van der Waals surface area contributed by atoms with Crippen molar-refractivity contribution in [2.24, 2.45) is 11.8 Å². The molecule has 0 spiro atoms. The molecule has 0 bridgehead atoms. The number of aliphatic hydroxyl groups is 1. The molecule has 1 heterocycles. The average molecular weight is 331 g/mol. The number of hydrogen-bond acceptors (Lipinski definition) is 4. The van der Waals surface area contributed by atoms with Crippen molar-refractivity contribution < 1.29 is 9.90 Å². The van der Waals surface area contributed by atoms with E-state index in [0.29, 0.717) is 30.3 Å². The number of benzene rings is 1. The third-order valence-electron chi connectivity index (χ3n) is 5.61. The second-order valence-corrected chi connectivity index (χ2v) is 7.48. The fourth-order valence-electron chi connectivity index (χ4n) is 3.91. The first-order chi connectivity index (χ1) is 11.5. The van der Waals surface area contributed by atoms with E-state index in [4.69, 9.17) is 0 Å². The lowest BCUT2D eigenvalue weighted by Crippen LogP contribution is -2.49. The summed E-state index contributed by atoms with van der Waals surface area (Å²) >= 11 is 0. The van der Waals surface area contributed by atoms with Crippen molar-refractivity contribution in [3.05, 3.63) is 35.9 Å². The first-order valence-corrected chi connectivity index (χ1v) is 9.05. The third kappa shape index (κ3) is 4.15. The molecule has 4 N–H and O–H groups in total. The molecule has 3 atom stereocenters. The highest BCUT2D eigenvalue weighted by Crippen LogP contribution is 2.32. The van der Waals surface area contributed by atoms with Crippen molar-refractivity contribution >= 4 is 5.91 Å². The maximum absolute atomic E-state index is 12.6. The molecule has 1 aliphatic heterocycles. The van der Waals surface area contributed by atoms with Gasteiger partial charge >= 0.3 is 0 Å². The van der Waals surface area contributed by atoms with Gasteiger partial charge in [0, 0.05) is 30.5 Å². The Hall–Kier alpha value is -1.43. The molecule has 5 heteroatoms. The maximum Gasteiger partial charge on any atom is 0.220 e. The van der Waals surface area contributed by atoms with Gasteiger partial charge in [-0.3, -0.25) is 15.6 Å². The summed E-state index contributed by atoms with van der Waals surface area (Å²) in [5, 5.41) is 12.9. The molecule has 0 radical (unpaired) electrons. The van der Waals surface area contributed by atoms with Crippen LogP contribution in [0.1, 0.15) is 38.7 Å². The zero-order valence-electron chi connectivity index (χ0n) is 14.5. The summed E-state index contributed by atoms with van der Waals surface area (Å²) in [5.74, 6) is 0.791. The zero-order chi connectivity index (χ0) is 17.1. The number of carbonyl (C=O) groups is 1. The van der Waals surface area contributed by atoms with Crippen LogP contribution in [-0.4, -0.2) is 35.2 Å². The maximum atomic E-state index is 12.6. The molecular formula is C19H29N3O2. The van der Waals surface area contributed by atoms with Crippen LogP contribution in [0.2, 0.25) is 0 Å². The van der Waals surface area contributed by atoms with Crippen molar-refractivity contribution in [2.45, 2.75) is 63.8 Å². The van der Waals surface area contributed by atoms with E-state index in [-0.39, 0.29) is 18.1 Å². The summed E-state index contributed by atoms with van der Waals surface area (Å²) in [6.45, 7) is 4.22. The summed E-state index contributed by atoms with van der Waals surface area (Å²) < 4.78 is 0. The number of aliphatic hydroxyl groups excluding tert-OH is 1. The van der Waals surface area contributed by atoms with Crippen LogP contribution in [0.15, 0.2) is 30.3 Å². The number of rotatable bonds is 6. The van der Waals surface area contributed by atoms with Crippen LogP contribution in [0.25, 0.3) is 0 Å².